The van der Waals surface area contributed by atoms with E-state index in [0.717, 1.165) is 6.07 Å². The Hall–Kier alpha value is -1.25. The molecule has 1 aromatic heterocycles. The quantitative estimate of drug-likeness (QED) is 0.906. The van der Waals surface area contributed by atoms with E-state index in [1.54, 1.807) is 29.9 Å². The highest BCUT2D eigenvalue weighted by molar-refractivity contribution is 9.10. The summed E-state index contributed by atoms with van der Waals surface area (Å²) in [5.74, 6) is -1.99. The first kappa shape index (κ1) is 15.1. The summed E-state index contributed by atoms with van der Waals surface area (Å²) >= 11 is 2.86. The average Bonchev–Trinajstić information content (AvgIpc) is 2.70. The fourth-order valence-corrected chi connectivity index (χ4v) is 3.87. The van der Waals surface area contributed by atoms with Gasteiger partial charge in [0.2, 0.25) is 10.0 Å². The molecule has 1 N–H and O–H groups in total. The first-order chi connectivity index (χ1) is 9.31. The molecule has 0 saturated carbocycles. The van der Waals surface area contributed by atoms with Crippen LogP contribution in [-0.4, -0.2) is 13.0 Å². The van der Waals surface area contributed by atoms with Gasteiger partial charge in [0.1, 0.15) is 16.5 Å². The largest absolute Gasteiger partial charge is 0.353 e. The summed E-state index contributed by atoms with van der Waals surface area (Å²) in [6.07, 6.45) is 1.76. The Kier molecular flexibility index (Phi) is 4.26. The highest BCUT2D eigenvalue weighted by Crippen LogP contribution is 2.26. The monoisotopic (exact) mass is 364 g/mol. The van der Waals surface area contributed by atoms with Gasteiger partial charge in [-0.25, -0.2) is 21.9 Å². The molecule has 0 fully saturated rings. The summed E-state index contributed by atoms with van der Waals surface area (Å²) in [6.45, 7) is 0.00902. The van der Waals surface area contributed by atoms with Gasteiger partial charge in [-0.1, -0.05) is 0 Å². The number of sulfonamides is 1. The Balaban J connectivity index is 2.30. The van der Waals surface area contributed by atoms with Crippen LogP contribution in [0, 0.1) is 11.6 Å². The maximum absolute atomic E-state index is 13.7. The molecule has 108 valence electrons. The number of nitrogens with one attached hydrogen (secondary N) is 1. The van der Waals surface area contributed by atoms with Gasteiger partial charge in [0.05, 0.1) is 6.54 Å². The molecule has 0 spiro atoms. The molecule has 0 aliphatic heterocycles. The summed E-state index contributed by atoms with van der Waals surface area (Å²) in [5, 5.41) is 0. The molecule has 0 saturated heterocycles. The van der Waals surface area contributed by atoms with Gasteiger partial charge in [-0.15, -0.1) is 0 Å². The van der Waals surface area contributed by atoms with Crippen LogP contribution in [-0.2, 0) is 23.6 Å². The fraction of sp³-hybridized carbons (Fsp3) is 0.167. The molecule has 4 nitrogen and oxygen atoms in total. The van der Waals surface area contributed by atoms with Crippen LogP contribution in [0.4, 0.5) is 8.78 Å². The zero-order chi connectivity index (χ0) is 14.9. The molecule has 0 amide bonds. The van der Waals surface area contributed by atoms with Crippen LogP contribution in [0.15, 0.2) is 39.8 Å². The number of hydrogen-bond acceptors (Lipinski definition) is 2. The van der Waals surface area contributed by atoms with Crippen molar-refractivity contribution >= 4 is 26.0 Å². The van der Waals surface area contributed by atoms with Gasteiger partial charge in [0.25, 0.3) is 0 Å². The third kappa shape index (κ3) is 3.08. The van der Waals surface area contributed by atoms with Crippen LogP contribution in [0.2, 0.25) is 0 Å². The van der Waals surface area contributed by atoms with E-state index in [1.165, 1.54) is 0 Å². The summed E-state index contributed by atoms with van der Waals surface area (Å²) in [5.41, 5.74) is 0.715. The Morgan fingerprint density at radius 1 is 1.35 bits per heavy atom. The van der Waals surface area contributed by atoms with Gasteiger partial charge in [-0.3, -0.25) is 0 Å². The van der Waals surface area contributed by atoms with E-state index >= 15 is 0 Å². The molecule has 2 aromatic rings. The van der Waals surface area contributed by atoms with E-state index in [9.17, 15) is 17.2 Å². The summed E-state index contributed by atoms with van der Waals surface area (Å²) in [7, 11) is -2.32. The molecular weight excluding hydrogens is 354 g/mol. The molecule has 20 heavy (non-hydrogen) atoms. The van der Waals surface area contributed by atoms with Crippen LogP contribution >= 0.6 is 15.9 Å². The predicted octanol–water partition coefficient (Wildman–Crippen LogP) is 2.54. The first-order valence-electron chi connectivity index (χ1n) is 5.55. The van der Waals surface area contributed by atoms with Crippen LogP contribution in [0.5, 0.6) is 0 Å². The van der Waals surface area contributed by atoms with E-state index < -0.39 is 26.6 Å². The molecule has 0 radical (unpaired) electrons. The minimum absolute atomic E-state index is 0.00902. The van der Waals surface area contributed by atoms with Crippen molar-refractivity contribution in [1.82, 2.24) is 9.29 Å². The summed E-state index contributed by atoms with van der Waals surface area (Å²) in [4.78, 5) is -0.604. The van der Waals surface area contributed by atoms with E-state index in [2.05, 4.69) is 20.7 Å². The first-order valence-corrected chi connectivity index (χ1v) is 7.83. The number of hydrogen-bond donors (Lipinski definition) is 1. The summed E-state index contributed by atoms with van der Waals surface area (Å²) < 4.78 is 54.6. The van der Waals surface area contributed by atoms with Gasteiger partial charge in [-0.2, -0.15) is 0 Å². The Morgan fingerprint density at radius 3 is 2.60 bits per heavy atom. The van der Waals surface area contributed by atoms with Gasteiger partial charge >= 0.3 is 0 Å². The van der Waals surface area contributed by atoms with Crippen LogP contribution < -0.4 is 4.72 Å². The van der Waals surface area contributed by atoms with Crippen molar-refractivity contribution in [3.8, 4) is 0 Å². The molecular formula is C12H11BrF2N2O2S. The van der Waals surface area contributed by atoms with E-state index in [0.29, 0.717) is 11.8 Å². The number of halogens is 3. The molecule has 1 heterocycles. The maximum Gasteiger partial charge on any atom is 0.244 e. The second-order valence-corrected chi connectivity index (χ2v) is 6.69. The SMILES string of the molecule is Cn1cccc1CNS(=O)(=O)c1c(F)cc(F)cc1Br. The standard InChI is InChI=1S/C12H11BrF2N2O2S/c1-17-4-2-3-9(17)7-16-20(18,19)12-10(13)5-8(14)6-11(12)15/h2-6,16H,7H2,1H3. The molecule has 0 bridgehead atoms. The lowest BCUT2D eigenvalue weighted by atomic mass is 10.3. The number of rotatable bonds is 4. The van der Waals surface area contributed by atoms with Crippen molar-refractivity contribution in [3.63, 3.8) is 0 Å². The lowest BCUT2D eigenvalue weighted by Gasteiger charge is -2.10. The van der Waals surface area contributed by atoms with Gasteiger partial charge < -0.3 is 4.57 Å². The second-order valence-electron chi connectivity index (χ2n) is 4.13. The van der Waals surface area contributed by atoms with Crippen molar-refractivity contribution in [3.05, 3.63) is 52.3 Å². The lowest BCUT2D eigenvalue weighted by Crippen LogP contribution is -2.25. The molecule has 8 heteroatoms. The number of nitrogens with zero attached hydrogens (tertiary/aromatic N) is 1. The van der Waals surface area contributed by atoms with Crippen LogP contribution in [0.3, 0.4) is 0 Å². The van der Waals surface area contributed by atoms with Crippen molar-refractivity contribution in [2.24, 2.45) is 7.05 Å². The highest BCUT2D eigenvalue weighted by atomic mass is 79.9. The smallest absolute Gasteiger partial charge is 0.244 e. The number of aryl methyl sites for hydroxylation is 1. The van der Waals surface area contributed by atoms with E-state index in [-0.39, 0.29) is 11.0 Å². The van der Waals surface area contributed by atoms with Crippen molar-refractivity contribution < 1.29 is 17.2 Å². The zero-order valence-electron chi connectivity index (χ0n) is 10.4. The summed E-state index contributed by atoms with van der Waals surface area (Å²) in [6, 6.07) is 4.93. The molecule has 2 rings (SSSR count). The number of benzene rings is 1. The van der Waals surface area contributed by atoms with Crippen molar-refractivity contribution in [2.75, 3.05) is 0 Å². The molecule has 0 aliphatic rings. The van der Waals surface area contributed by atoms with Gasteiger partial charge in [0, 0.05) is 29.5 Å². The molecule has 0 atom stereocenters. The Morgan fingerprint density at radius 2 is 2.05 bits per heavy atom. The van der Waals surface area contributed by atoms with Crippen LogP contribution in [0.1, 0.15) is 5.69 Å². The average molecular weight is 365 g/mol. The second kappa shape index (κ2) is 5.63. The van der Waals surface area contributed by atoms with E-state index in [1.807, 2.05) is 0 Å². The zero-order valence-corrected chi connectivity index (χ0v) is 12.8. The topological polar surface area (TPSA) is 51.1 Å². The maximum atomic E-state index is 13.7. The molecule has 0 unspecified atom stereocenters. The third-order valence-corrected chi connectivity index (χ3v) is 5.09. The van der Waals surface area contributed by atoms with Crippen molar-refractivity contribution in [1.29, 1.82) is 0 Å². The molecule has 1 aromatic carbocycles. The normalized spacial score (nSPS) is 11.8. The van der Waals surface area contributed by atoms with Crippen molar-refractivity contribution in [2.45, 2.75) is 11.4 Å². The fourth-order valence-electron chi connectivity index (χ4n) is 1.71. The lowest BCUT2D eigenvalue weighted by molar-refractivity contribution is 0.540. The molecule has 0 aliphatic carbocycles. The minimum atomic E-state index is -4.08. The highest BCUT2D eigenvalue weighted by Gasteiger charge is 2.23. The predicted molar refractivity (Wildman–Crippen MR) is 73.5 cm³/mol. The minimum Gasteiger partial charge on any atom is -0.353 e. The number of aromatic nitrogens is 1. The van der Waals surface area contributed by atoms with Gasteiger partial charge in [-0.05, 0) is 34.1 Å². The Bertz CT molecular complexity index is 721. The van der Waals surface area contributed by atoms with Crippen LogP contribution in [0.25, 0.3) is 0 Å². The van der Waals surface area contributed by atoms with Gasteiger partial charge in [0.15, 0.2) is 0 Å². The van der Waals surface area contributed by atoms with E-state index in [4.69, 9.17) is 0 Å². The third-order valence-electron chi connectivity index (χ3n) is 2.73. The Labute approximate surface area is 123 Å².